The number of anilines is 1. The average Bonchev–Trinajstić information content (AvgIpc) is 2.32. The van der Waals surface area contributed by atoms with Crippen molar-refractivity contribution in [3.05, 3.63) is 58.4 Å². The first kappa shape index (κ1) is 11.6. The molecule has 1 heterocycles. The summed E-state index contributed by atoms with van der Waals surface area (Å²) < 4.78 is 0. The van der Waals surface area contributed by atoms with E-state index in [1.54, 1.807) is 36.7 Å². The number of benzene rings is 1. The zero-order valence-electron chi connectivity index (χ0n) is 9.27. The predicted octanol–water partition coefficient (Wildman–Crippen LogP) is 2.86. The standard InChI is InChI=1S/C13H11ClN2O/c1-8-7-16-5-4-10(8)13(17)11-6-9(14)2-3-12(11)15/h2-7H,15H2,1H3. The number of carbonyl (C=O) groups is 1. The lowest BCUT2D eigenvalue weighted by atomic mass is 10.00. The summed E-state index contributed by atoms with van der Waals surface area (Å²) in [6, 6.07) is 6.55. The minimum atomic E-state index is -0.134. The van der Waals surface area contributed by atoms with E-state index < -0.39 is 0 Å². The van der Waals surface area contributed by atoms with Crippen molar-refractivity contribution in [1.29, 1.82) is 0 Å². The molecule has 0 aliphatic rings. The fourth-order valence-corrected chi connectivity index (χ4v) is 1.77. The molecule has 0 amide bonds. The van der Waals surface area contributed by atoms with Gasteiger partial charge in [0.05, 0.1) is 0 Å². The van der Waals surface area contributed by atoms with Gasteiger partial charge in [0.15, 0.2) is 5.78 Å². The highest BCUT2D eigenvalue weighted by Gasteiger charge is 2.14. The van der Waals surface area contributed by atoms with E-state index in [1.165, 1.54) is 0 Å². The van der Waals surface area contributed by atoms with Crippen LogP contribution in [0.25, 0.3) is 0 Å². The quantitative estimate of drug-likeness (QED) is 0.655. The van der Waals surface area contributed by atoms with Crippen molar-refractivity contribution >= 4 is 23.1 Å². The Morgan fingerprint density at radius 3 is 2.76 bits per heavy atom. The van der Waals surface area contributed by atoms with E-state index in [-0.39, 0.29) is 5.78 Å². The topological polar surface area (TPSA) is 56.0 Å². The second-order valence-corrected chi connectivity index (χ2v) is 4.19. The minimum Gasteiger partial charge on any atom is -0.398 e. The van der Waals surface area contributed by atoms with Crippen molar-refractivity contribution in [3.8, 4) is 0 Å². The fraction of sp³-hybridized carbons (Fsp3) is 0.0769. The van der Waals surface area contributed by atoms with Crippen LogP contribution in [-0.4, -0.2) is 10.8 Å². The second-order valence-electron chi connectivity index (χ2n) is 3.75. The summed E-state index contributed by atoms with van der Waals surface area (Å²) in [5.41, 5.74) is 8.04. The van der Waals surface area contributed by atoms with Crippen LogP contribution in [0.2, 0.25) is 5.02 Å². The van der Waals surface area contributed by atoms with E-state index in [1.807, 2.05) is 6.92 Å². The first-order valence-corrected chi connectivity index (χ1v) is 5.47. The zero-order chi connectivity index (χ0) is 12.4. The molecule has 0 bridgehead atoms. The maximum Gasteiger partial charge on any atom is 0.195 e. The van der Waals surface area contributed by atoms with Gasteiger partial charge >= 0.3 is 0 Å². The molecule has 0 saturated carbocycles. The monoisotopic (exact) mass is 246 g/mol. The number of hydrogen-bond acceptors (Lipinski definition) is 3. The molecular weight excluding hydrogens is 236 g/mol. The van der Waals surface area contributed by atoms with Crippen LogP contribution in [-0.2, 0) is 0 Å². The van der Waals surface area contributed by atoms with Crippen molar-refractivity contribution in [2.75, 3.05) is 5.73 Å². The number of pyridine rings is 1. The number of rotatable bonds is 2. The summed E-state index contributed by atoms with van der Waals surface area (Å²) in [5, 5.41) is 0.495. The molecule has 0 radical (unpaired) electrons. The Bertz CT molecular complexity index is 581. The average molecular weight is 247 g/mol. The normalized spacial score (nSPS) is 10.2. The fourth-order valence-electron chi connectivity index (χ4n) is 1.60. The highest BCUT2D eigenvalue weighted by molar-refractivity contribution is 6.31. The van der Waals surface area contributed by atoms with Gasteiger partial charge in [0.2, 0.25) is 0 Å². The molecule has 0 spiro atoms. The van der Waals surface area contributed by atoms with Gasteiger partial charge in [-0.3, -0.25) is 9.78 Å². The molecule has 3 nitrogen and oxygen atoms in total. The van der Waals surface area contributed by atoms with E-state index >= 15 is 0 Å². The number of halogens is 1. The van der Waals surface area contributed by atoms with Crippen LogP contribution >= 0.6 is 11.6 Å². The van der Waals surface area contributed by atoms with Crippen LogP contribution in [0, 0.1) is 6.92 Å². The van der Waals surface area contributed by atoms with E-state index in [4.69, 9.17) is 17.3 Å². The van der Waals surface area contributed by atoms with Gasteiger partial charge in [0.25, 0.3) is 0 Å². The van der Waals surface area contributed by atoms with Gasteiger partial charge in [0, 0.05) is 34.2 Å². The van der Waals surface area contributed by atoms with Crippen LogP contribution in [0.3, 0.4) is 0 Å². The molecule has 0 aliphatic heterocycles. The molecule has 4 heteroatoms. The number of aromatic nitrogens is 1. The van der Waals surface area contributed by atoms with Crippen LogP contribution in [0.1, 0.15) is 21.5 Å². The first-order valence-electron chi connectivity index (χ1n) is 5.10. The third-order valence-corrected chi connectivity index (χ3v) is 2.76. The van der Waals surface area contributed by atoms with E-state index in [0.29, 0.717) is 21.8 Å². The largest absolute Gasteiger partial charge is 0.398 e. The number of nitrogens with two attached hydrogens (primary N) is 1. The summed E-state index contributed by atoms with van der Waals surface area (Å²) in [6.45, 7) is 1.83. The Kier molecular flexibility index (Phi) is 3.11. The number of aryl methyl sites for hydroxylation is 1. The third-order valence-electron chi connectivity index (χ3n) is 2.52. The van der Waals surface area contributed by atoms with E-state index in [0.717, 1.165) is 5.56 Å². The molecule has 0 fully saturated rings. The lowest BCUT2D eigenvalue weighted by Crippen LogP contribution is -2.07. The summed E-state index contributed by atoms with van der Waals surface area (Å²) in [6.07, 6.45) is 3.23. The van der Waals surface area contributed by atoms with Crippen LogP contribution in [0.5, 0.6) is 0 Å². The lowest BCUT2D eigenvalue weighted by Gasteiger charge is -2.07. The maximum atomic E-state index is 12.3. The molecule has 0 atom stereocenters. The summed E-state index contributed by atoms with van der Waals surface area (Å²) >= 11 is 5.87. The number of ketones is 1. The van der Waals surface area contributed by atoms with Gasteiger partial charge in [0.1, 0.15) is 0 Å². The molecule has 0 saturated heterocycles. The summed E-state index contributed by atoms with van der Waals surface area (Å²) in [7, 11) is 0. The molecule has 1 aromatic carbocycles. The molecule has 86 valence electrons. The number of carbonyl (C=O) groups excluding carboxylic acids is 1. The Labute approximate surface area is 104 Å². The zero-order valence-corrected chi connectivity index (χ0v) is 10.0. The van der Waals surface area contributed by atoms with Crippen molar-refractivity contribution in [2.24, 2.45) is 0 Å². The SMILES string of the molecule is Cc1cnccc1C(=O)c1cc(Cl)ccc1N. The van der Waals surface area contributed by atoms with Crippen LogP contribution in [0.15, 0.2) is 36.7 Å². The molecule has 0 aliphatic carbocycles. The Balaban J connectivity index is 2.51. The minimum absolute atomic E-state index is 0.134. The maximum absolute atomic E-state index is 12.3. The van der Waals surface area contributed by atoms with Crippen molar-refractivity contribution in [3.63, 3.8) is 0 Å². The Hall–Kier alpha value is -1.87. The van der Waals surface area contributed by atoms with Gasteiger partial charge < -0.3 is 5.73 Å². The Morgan fingerprint density at radius 2 is 2.06 bits per heavy atom. The molecule has 1 aromatic heterocycles. The molecule has 17 heavy (non-hydrogen) atoms. The van der Waals surface area contributed by atoms with Crippen molar-refractivity contribution < 1.29 is 4.79 Å². The highest BCUT2D eigenvalue weighted by Crippen LogP contribution is 2.22. The summed E-state index contributed by atoms with van der Waals surface area (Å²) in [5.74, 6) is -0.134. The number of nitrogens with zero attached hydrogens (tertiary/aromatic N) is 1. The number of nitrogen functional groups attached to an aromatic ring is 1. The van der Waals surface area contributed by atoms with Crippen LogP contribution in [0.4, 0.5) is 5.69 Å². The van der Waals surface area contributed by atoms with Gasteiger partial charge in [-0.1, -0.05) is 11.6 Å². The predicted molar refractivity (Wildman–Crippen MR) is 68.3 cm³/mol. The smallest absolute Gasteiger partial charge is 0.195 e. The van der Waals surface area contributed by atoms with E-state index in [2.05, 4.69) is 4.98 Å². The second kappa shape index (κ2) is 4.55. The highest BCUT2D eigenvalue weighted by atomic mass is 35.5. The van der Waals surface area contributed by atoms with Crippen LogP contribution < -0.4 is 5.73 Å². The van der Waals surface area contributed by atoms with Gasteiger partial charge in [-0.05, 0) is 36.8 Å². The van der Waals surface area contributed by atoms with Crippen molar-refractivity contribution in [2.45, 2.75) is 6.92 Å². The first-order chi connectivity index (χ1) is 8.09. The number of hydrogen-bond donors (Lipinski definition) is 1. The lowest BCUT2D eigenvalue weighted by molar-refractivity contribution is 0.103. The molecular formula is C13H11ClN2O. The van der Waals surface area contributed by atoms with Crippen molar-refractivity contribution in [1.82, 2.24) is 4.98 Å². The molecule has 0 unspecified atom stereocenters. The van der Waals surface area contributed by atoms with Gasteiger partial charge in [-0.15, -0.1) is 0 Å². The van der Waals surface area contributed by atoms with Gasteiger partial charge in [-0.2, -0.15) is 0 Å². The Morgan fingerprint density at radius 1 is 1.29 bits per heavy atom. The van der Waals surface area contributed by atoms with E-state index in [9.17, 15) is 4.79 Å². The third kappa shape index (κ3) is 2.29. The molecule has 2 aromatic rings. The summed E-state index contributed by atoms with van der Waals surface area (Å²) in [4.78, 5) is 16.2. The van der Waals surface area contributed by atoms with Gasteiger partial charge in [-0.25, -0.2) is 0 Å². The molecule has 2 N–H and O–H groups in total. The molecule has 2 rings (SSSR count).